The molecule has 34 heavy (non-hydrogen) atoms. The van der Waals surface area contributed by atoms with Crippen molar-refractivity contribution in [1.29, 1.82) is 0 Å². The van der Waals surface area contributed by atoms with Crippen LogP contribution < -0.4 is 9.47 Å². The maximum absolute atomic E-state index is 11.5. The molecule has 1 saturated heterocycles. The first-order valence-electron chi connectivity index (χ1n) is 11.5. The molecule has 3 aromatic rings. The number of ether oxygens (including phenoxy) is 2. The van der Waals surface area contributed by atoms with Gasteiger partial charge in [0.05, 0.1) is 25.6 Å². The van der Waals surface area contributed by atoms with Gasteiger partial charge in [0.2, 0.25) is 0 Å². The summed E-state index contributed by atoms with van der Waals surface area (Å²) in [6.45, 7) is 2.23. The SMILES string of the molecule is COc1ccc(C(/C=C\CN2CCCC(C(=O)O)C2)(c2ccc(OC)cc2)c2ccsc2)cc1. The number of hydrogen-bond donors (Lipinski definition) is 1. The van der Waals surface area contributed by atoms with Crippen LogP contribution in [0.5, 0.6) is 11.5 Å². The van der Waals surface area contributed by atoms with Crippen LogP contribution in [0.2, 0.25) is 0 Å². The van der Waals surface area contributed by atoms with Gasteiger partial charge in [-0.2, -0.15) is 11.3 Å². The van der Waals surface area contributed by atoms with E-state index in [1.54, 1.807) is 25.6 Å². The summed E-state index contributed by atoms with van der Waals surface area (Å²) in [6.07, 6.45) is 6.13. The molecule has 1 unspecified atom stereocenters. The van der Waals surface area contributed by atoms with Gasteiger partial charge in [-0.3, -0.25) is 9.69 Å². The molecule has 0 spiro atoms. The zero-order chi connectivity index (χ0) is 24.0. The number of aliphatic carboxylic acids is 1. The first-order chi connectivity index (χ1) is 16.6. The van der Waals surface area contributed by atoms with E-state index in [0.717, 1.165) is 42.0 Å². The summed E-state index contributed by atoms with van der Waals surface area (Å²) in [4.78, 5) is 13.7. The fourth-order valence-electron chi connectivity index (χ4n) is 4.79. The Hall–Kier alpha value is -3.09. The van der Waals surface area contributed by atoms with Gasteiger partial charge in [0.15, 0.2) is 0 Å². The quantitative estimate of drug-likeness (QED) is 0.415. The largest absolute Gasteiger partial charge is 0.497 e. The number of benzene rings is 2. The molecule has 0 aliphatic carbocycles. The van der Waals surface area contributed by atoms with Gasteiger partial charge >= 0.3 is 5.97 Å². The smallest absolute Gasteiger partial charge is 0.307 e. The molecule has 1 fully saturated rings. The van der Waals surface area contributed by atoms with Crippen molar-refractivity contribution in [2.75, 3.05) is 33.9 Å². The van der Waals surface area contributed by atoms with Gasteiger partial charge in [-0.1, -0.05) is 36.4 Å². The number of hydrogen-bond acceptors (Lipinski definition) is 5. The van der Waals surface area contributed by atoms with E-state index < -0.39 is 11.4 Å². The molecule has 0 bridgehead atoms. The Kier molecular flexibility index (Phi) is 7.70. The Morgan fingerprint density at radius 3 is 2.15 bits per heavy atom. The van der Waals surface area contributed by atoms with E-state index in [1.165, 1.54) is 5.56 Å². The van der Waals surface area contributed by atoms with E-state index >= 15 is 0 Å². The molecular formula is C28H31NO4S. The Bertz CT molecular complexity index is 1040. The summed E-state index contributed by atoms with van der Waals surface area (Å²) in [6, 6.07) is 18.6. The maximum Gasteiger partial charge on any atom is 0.307 e. The predicted octanol–water partition coefficient (Wildman–Crippen LogP) is 5.45. The molecule has 1 aliphatic rings. The molecule has 2 heterocycles. The molecule has 178 valence electrons. The van der Waals surface area contributed by atoms with E-state index in [4.69, 9.17) is 9.47 Å². The van der Waals surface area contributed by atoms with Crippen LogP contribution in [0.15, 0.2) is 77.5 Å². The van der Waals surface area contributed by atoms with E-state index in [9.17, 15) is 9.90 Å². The highest BCUT2D eigenvalue weighted by atomic mass is 32.1. The lowest BCUT2D eigenvalue weighted by Crippen LogP contribution is -2.38. The Balaban J connectivity index is 1.75. The van der Waals surface area contributed by atoms with Crippen molar-refractivity contribution in [2.24, 2.45) is 5.92 Å². The van der Waals surface area contributed by atoms with Gasteiger partial charge in [0, 0.05) is 13.1 Å². The summed E-state index contributed by atoms with van der Waals surface area (Å²) in [5.41, 5.74) is 2.96. The normalized spacial score (nSPS) is 17.1. The number of carbonyl (C=O) groups is 1. The number of methoxy groups -OCH3 is 2. The highest BCUT2D eigenvalue weighted by Gasteiger charge is 2.34. The van der Waals surface area contributed by atoms with Gasteiger partial charge in [-0.05, 0) is 77.2 Å². The molecule has 5 nitrogen and oxygen atoms in total. The third kappa shape index (κ3) is 5.03. The second-order valence-corrected chi connectivity index (χ2v) is 9.40. The molecule has 6 heteroatoms. The summed E-state index contributed by atoms with van der Waals surface area (Å²) < 4.78 is 10.8. The number of likely N-dealkylation sites (tertiary alicyclic amines) is 1. The van der Waals surface area contributed by atoms with Crippen LogP contribution in [0.1, 0.15) is 29.5 Å². The number of rotatable bonds is 9. The molecule has 1 N–H and O–H groups in total. The second kappa shape index (κ2) is 10.9. The van der Waals surface area contributed by atoms with Crippen molar-refractivity contribution in [3.63, 3.8) is 0 Å². The van der Waals surface area contributed by atoms with Gasteiger partial charge in [0.25, 0.3) is 0 Å². The fourth-order valence-corrected chi connectivity index (χ4v) is 5.50. The molecular weight excluding hydrogens is 446 g/mol. The molecule has 2 aromatic carbocycles. The van der Waals surface area contributed by atoms with Crippen molar-refractivity contribution in [2.45, 2.75) is 18.3 Å². The molecule has 1 atom stereocenters. The third-order valence-corrected chi connectivity index (χ3v) is 7.34. The first kappa shape index (κ1) is 24.0. The molecule has 0 amide bonds. The Morgan fingerprint density at radius 1 is 1.03 bits per heavy atom. The summed E-state index contributed by atoms with van der Waals surface area (Å²) in [5, 5.41) is 13.8. The minimum absolute atomic E-state index is 0.285. The maximum atomic E-state index is 11.5. The van der Waals surface area contributed by atoms with Crippen LogP contribution in [-0.2, 0) is 10.2 Å². The summed E-state index contributed by atoms with van der Waals surface area (Å²) >= 11 is 1.68. The van der Waals surface area contributed by atoms with E-state index in [2.05, 4.69) is 58.1 Å². The molecule has 0 radical (unpaired) electrons. The van der Waals surface area contributed by atoms with Gasteiger partial charge in [-0.25, -0.2) is 0 Å². The van der Waals surface area contributed by atoms with E-state index in [1.807, 2.05) is 24.3 Å². The van der Waals surface area contributed by atoms with Crippen molar-refractivity contribution >= 4 is 17.3 Å². The van der Waals surface area contributed by atoms with Crippen molar-refractivity contribution < 1.29 is 19.4 Å². The topological polar surface area (TPSA) is 59.0 Å². The zero-order valence-electron chi connectivity index (χ0n) is 19.6. The standard InChI is InChI=1S/C28H31NO4S/c1-32-25-10-6-22(7-11-25)28(24-14-18-34-20-24,23-8-12-26(33-2)13-9-23)15-4-17-29-16-3-5-21(19-29)27(30)31/h4,6-15,18,20-21H,3,5,16-17,19H2,1-2H3,(H,30,31)/b15-4-. The average molecular weight is 478 g/mol. The number of carboxylic acid groups (broad SMARTS) is 1. The van der Waals surface area contributed by atoms with Crippen LogP contribution in [0, 0.1) is 5.92 Å². The van der Waals surface area contributed by atoms with Crippen molar-refractivity contribution in [1.82, 2.24) is 4.90 Å². The van der Waals surface area contributed by atoms with Crippen LogP contribution >= 0.6 is 11.3 Å². The van der Waals surface area contributed by atoms with E-state index in [-0.39, 0.29) is 5.92 Å². The summed E-state index contributed by atoms with van der Waals surface area (Å²) in [5.74, 6) is 0.647. The lowest BCUT2D eigenvalue weighted by atomic mass is 9.70. The van der Waals surface area contributed by atoms with Gasteiger partial charge in [-0.15, -0.1) is 0 Å². The fraction of sp³-hybridized carbons (Fsp3) is 0.321. The van der Waals surface area contributed by atoms with Crippen LogP contribution in [0.4, 0.5) is 0 Å². The second-order valence-electron chi connectivity index (χ2n) is 8.62. The first-order valence-corrected chi connectivity index (χ1v) is 12.5. The predicted molar refractivity (Wildman–Crippen MR) is 136 cm³/mol. The number of thiophene rings is 1. The molecule has 1 aliphatic heterocycles. The van der Waals surface area contributed by atoms with Crippen LogP contribution in [-0.4, -0.2) is 49.8 Å². The van der Waals surface area contributed by atoms with Crippen molar-refractivity contribution in [3.05, 3.63) is 94.2 Å². The van der Waals surface area contributed by atoms with Gasteiger partial charge < -0.3 is 14.6 Å². The summed E-state index contributed by atoms with van der Waals surface area (Å²) in [7, 11) is 3.35. The minimum atomic E-state index is -0.697. The van der Waals surface area contributed by atoms with Crippen LogP contribution in [0.3, 0.4) is 0 Å². The van der Waals surface area contributed by atoms with E-state index in [0.29, 0.717) is 13.1 Å². The number of allylic oxidation sites excluding steroid dienone is 1. The number of carboxylic acids is 1. The lowest BCUT2D eigenvalue weighted by molar-refractivity contribution is -0.143. The number of piperidine rings is 1. The monoisotopic (exact) mass is 477 g/mol. The lowest BCUT2D eigenvalue weighted by Gasteiger charge is -2.33. The highest BCUT2D eigenvalue weighted by molar-refractivity contribution is 7.08. The molecule has 4 rings (SSSR count). The van der Waals surface area contributed by atoms with Gasteiger partial charge in [0.1, 0.15) is 11.5 Å². The Morgan fingerprint density at radius 2 is 1.65 bits per heavy atom. The van der Waals surface area contributed by atoms with Crippen LogP contribution in [0.25, 0.3) is 0 Å². The highest BCUT2D eigenvalue weighted by Crippen LogP contribution is 2.42. The Labute approximate surface area is 205 Å². The third-order valence-electron chi connectivity index (χ3n) is 6.65. The van der Waals surface area contributed by atoms with Crippen molar-refractivity contribution in [3.8, 4) is 11.5 Å². The number of nitrogens with zero attached hydrogens (tertiary/aromatic N) is 1. The zero-order valence-corrected chi connectivity index (χ0v) is 20.5. The average Bonchev–Trinajstić information content (AvgIpc) is 3.42. The molecule has 1 aromatic heterocycles. The molecule has 0 saturated carbocycles. The minimum Gasteiger partial charge on any atom is -0.497 e.